The topological polar surface area (TPSA) is 21.3 Å². The summed E-state index contributed by atoms with van der Waals surface area (Å²) in [5, 5.41) is 4.63. The largest absolute Gasteiger partial charge is 0.455 e. The van der Waals surface area contributed by atoms with Crippen LogP contribution in [0.4, 0.5) is 17.1 Å². The average Bonchev–Trinajstić information content (AvgIpc) is 3.83. The molecule has 0 atom stereocenters. The second kappa shape index (κ2) is 13.6. The quantitative estimate of drug-likeness (QED) is 0.163. The van der Waals surface area contributed by atoms with Crippen LogP contribution in [-0.4, -0.2) is 4.57 Å². The van der Waals surface area contributed by atoms with Gasteiger partial charge in [0.2, 0.25) is 0 Å². The van der Waals surface area contributed by atoms with E-state index >= 15 is 0 Å². The van der Waals surface area contributed by atoms with Gasteiger partial charge in [0.05, 0.1) is 16.7 Å². The van der Waals surface area contributed by atoms with Crippen LogP contribution < -0.4 is 4.90 Å². The first-order valence-corrected chi connectivity index (χ1v) is 19.4. The summed E-state index contributed by atoms with van der Waals surface area (Å²) < 4.78 is 9.21. The SMILES string of the molecule is c1ccc(-c2ccc(-c3ccc(N(c4ccccc4)c4cc(-c5ccccc5-n5c6ccccc6c6ccccc65)c5oc6ccccc6c5c4)cc3)cc2)cc1. The number of anilines is 3. The van der Waals surface area contributed by atoms with Crippen molar-refractivity contribution in [2.24, 2.45) is 0 Å². The minimum Gasteiger partial charge on any atom is -0.455 e. The zero-order valence-corrected chi connectivity index (χ0v) is 31.1. The fraction of sp³-hybridized carbons (Fsp3) is 0. The van der Waals surface area contributed by atoms with Crippen LogP contribution in [0.2, 0.25) is 0 Å². The highest BCUT2D eigenvalue weighted by molar-refractivity contribution is 6.13. The van der Waals surface area contributed by atoms with E-state index in [1.165, 1.54) is 44.1 Å². The summed E-state index contributed by atoms with van der Waals surface area (Å²) in [5.74, 6) is 0. The minimum absolute atomic E-state index is 0.870. The highest BCUT2D eigenvalue weighted by atomic mass is 16.3. The van der Waals surface area contributed by atoms with Crippen LogP contribution in [0.5, 0.6) is 0 Å². The molecule has 268 valence electrons. The van der Waals surface area contributed by atoms with Gasteiger partial charge in [0, 0.05) is 49.7 Å². The van der Waals surface area contributed by atoms with Gasteiger partial charge >= 0.3 is 0 Å². The van der Waals surface area contributed by atoms with Crippen molar-refractivity contribution in [2.45, 2.75) is 0 Å². The standard InChI is InChI=1S/C54H36N2O/c1-3-15-37(16-4-1)38-27-29-39(30-28-38)40-31-33-42(34-32-40)55(41-17-5-2-6-18-41)43-35-48(54-49(36-43)47-22-10-14-26-53(47)57-54)46-21-9-13-25-52(46)56-50-23-11-7-19-44(50)45-20-8-12-24-51(45)56/h1-36H. The molecular weight excluding hydrogens is 693 g/mol. The fourth-order valence-corrected chi connectivity index (χ4v) is 8.53. The van der Waals surface area contributed by atoms with Crippen LogP contribution in [0.25, 0.3) is 82.8 Å². The van der Waals surface area contributed by atoms with Crippen molar-refractivity contribution < 1.29 is 4.42 Å². The van der Waals surface area contributed by atoms with Crippen molar-refractivity contribution in [3.05, 3.63) is 218 Å². The molecule has 0 fully saturated rings. The molecule has 3 heteroatoms. The maximum absolute atomic E-state index is 6.80. The third kappa shape index (κ3) is 5.60. The van der Waals surface area contributed by atoms with Gasteiger partial charge in [0.25, 0.3) is 0 Å². The van der Waals surface area contributed by atoms with Gasteiger partial charge in [0.1, 0.15) is 11.2 Å². The molecule has 0 N–H and O–H groups in total. The summed E-state index contributed by atoms with van der Waals surface area (Å²) in [5.41, 5.74) is 15.3. The molecule has 0 unspecified atom stereocenters. The normalized spacial score (nSPS) is 11.5. The molecule has 0 aliphatic carbocycles. The lowest BCUT2D eigenvalue weighted by Crippen LogP contribution is -2.10. The number of para-hydroxylation sites is 5. The van der Waals surface area contributed by atoms with Gasteiger partial charge in [0.15, 0.2) is 0 Å². The molecule has 3 nitrogen and oxygen atoms in total. The van der Waals surface area contributed by atoms with E-state index in [0.29, 0.717) is 0 Å². The number of fused-ring (bicyclic) bond motifs is 6. The molecular formula is C54H36N2O. The molecule has 0 saturated heterocycles. The zero-order chi connectivity index (χ0) is 37.7. The minimum atomic E-state index is 0.870. The molecule has 0 aliphatic rings. The van der Waals surface area contributed by atoms with Gasteiger partial charge in [-0.25, -0.2) is 0 Å². The maximum Gasteiger partial charge on any atom is 0.143 e. The number of aromatic nitrogens is 1. The Kier molecular flexibility index (Phi) is 7.82. The number of rotatable bonds is 7. The number of nitrogens with zero attached hydrogens (tertiary/aromatic N) is 2. The van der Waals surface area contributed by atoms with Crippen LogP contribution in [0, 0.1) is 0 Å². The molecule has 0 radical (unpaired) electrons. The highest BCUT2D eigenvalue weighted by Crippen LogP contribution is 2.45. The van der Waals surface area contributed by atoms with E-state index in [-0.39, 0.29) is 0 Å². The molecule has 9 aromatic carbocycles. The highest BCUT2D eigenvalue weighted by Gasteiger charge is 2.22. The lowest BCUT2D eigenvalue weighted by Gasteiger charge is -2.26. The molecule has 57 heavy (non-hydrogen) atoms. The summed E-state index contributed by atoms with van der Waals surface area (Å²) in [7, 11) is 0. The van der Waals surface area contributed by atoms with Crippen LogP contribution in [0.1, 0.15) is 0 Å². The maximum atomic E-state index is 6.80. The Balaban J connectivity index is 1.10. The Labute approximate surface area is 330 Å². The molecule has 0 amide bonds. The van der Waals surface area contributed by atoms with E-state index in [2.05, 4.69) is 222 Å². The lowest BCUT2D eigenvalue weighted by atomic mass is 9.98. The predicted octanol–water partition coefficient (Wildman–Crippen LogP) is 15.2. The van der Waals surface area contributed by atoms with Gasteiger partial charge in [-0.2, -0.15) is 0 Å². The van der Waals surface area contributed by atoms with Gasteiger partial charge < -0.3 is 13.9 Å². The van der Waals surface area contributed by atoms with Crippen molar-refractivity contribution in [2.75, 3.05) is 4.90 Å². The third-order valence-electron chi connectivity index (χ3n) is 11.2. The molecule has 0 spiro atoms. The first-order valence-electron chi connectivity index (χ1n) is 19.4. The smallest absolute Gasteiger partial charge is 0.143 e. The number of furan rings is 1. The molecule has 0 bridgehead atoms. The van der Waals surface area contributed by atoms with Crippen molar-refractivity contribution >= 4 is 60.8 Å². The van der Waals surface area contributed by atoms with E-state index in [9.17, 15) is 0 Å². The molecule has 11 aromatic rings. The Morgan fingerprint density at radius 1 is 0.333 bits per heavy atom. The summed E-state index contributed by atoms with van der Waals surface area (Å²) in [6.45, 7) is 0. The van der Waals surface area contributed by atoms with E-state index in [1.807, 2.05) is 6.07 Å². The van der Waals surface area contributed by atoms with Crippen LogP contribution in [0.15, 0.2) is 223 Å². The van der Waals surface area contributed by atoms with Crippen LogP contribution in [-0.2, 0) is 0 Å². The van der Waals surface area contributed by atoms with Gasteiger partial charge in [-0.1, -0.05) is 158 Å². The molecule has 11 rings (SSSR count). The van der Waals surface area contributed by atoms with E-state index in [4.69, 9.17) is 4.42 Å². The van der Waals surface area contributed by atoms with Gasteiger partial charge in [-0.3, -0.25) is 0 Å². The molecule has 2 heterocycles. The first kappa shape index (κ1) is 32.8. The molecule has 2 aromatic heterocycles. The third-order valence-corrected chi connectivity index (χ3v) is 11.2. The van der Waals surface area contributed by atoms with E-state index in [1.54, 1.807) is 0 Å². The van der Waals surface area contributed by atoms with E-state index < -0.39 is 0 Å². The lowest BCUT2D eigenvalue weighted by molar-refractivity contribution is 0.670. The second-order valence-electron chi connectivity index (χ2n) is 14.5. The summed E-state index contributed by atoms with van der Waals surface area (Å²) in [6.07, 6.45) is 0. The Morgan fingerprint density at radius 2 is 0.825 bits per heavy atom. The zero-order valence-electron chi connectivity index (χ0n) is 31.1. The molecule has 0 aliphatic heterocycles. The summed E-state index contributed by atoms with van der Waals surface area (Å²) >= 11 is 0. The number of hydrogen-bond donors (Lipinski definition) is 0. The monoisotopic (exact) mass is 728 g/mol. The van der Waals surface area contributed by atoms with Crippen molar-refractivity contribution in [1.29, 1.82) is 0 Å². The summed E-state index contributed by atoms with van der Waals surface area (Å²) in [4.78, 5) is 2.36. The van der Waals surface area contributed by atoms with Crippen molar-refractivity contribution in [1.82, 2.24) is 4.57 Å². The second-order valence-corrected chi connectivity index (χ2v) is 14.5. The van der Waals surface area contributed by atoms with Gasteiger partial charge in [-0.15, -0.1) is 0 Å². The van der Waals surface area contributed by atoms with Crippen LogP contribution >= 0.6 is 0 Å². The van der Waals surface area contributed by atoms with Crippen molar-refractivity contribution in [3.8, 4) is 39.1 Å². The Morgan fingerprint density at radius 3 is 1.49 bits per heavy atom. The van der Waals surface area contributed by atoms with E-state index in [0.717, 1.165) is 55.8 Å². The van der Waals surface area contributed by atoms with Crippen molar-refractivity contribution in [3.63, 3.8) is 0 Å². The fourth-order valence-electron chi connectivity index (χ4n) is 8.53. The first-order chi connectivity index (χ1) is 28.3. The Bertz CT molecular complexity index is 3160. The van der Waals surface area contributed by atoms with Gasteiger partial charge in [-0.05, 0) is 82.9 Å². The Hall–Kier alpha value is -7.62. The predicted molar refractivity (Wildman–Crippen MR) is 239 cm³/mol. The van der Waals surface area contributed by atoms with Crippen LogP contribution in [0.3, 0.4) is 0 Å². The number of hydrogen-bond acceptors (Lipinski definition) is 2. The number of benzene rings is 9. The summed E-state index contributed by atoms with van der Waals surface area (Å²) in [6, 6.07) is 78.0. The molecule has 0 saturated carbocycles. The average molecular weight is 729 g/mol.